The number of aromatic hydroxyl groups is 3. The zero-order chi connectivity index (χ0) is 32.7. The molecule has 45 heavy (non-hydrogen) atoms. The van der Waals surface area contributed by atoms with Gasteiger partial charge in [-0.3, -0.25) is 0 Å². The molecule has 2 aromatic carbocycles. The highest BCUT2D eigenvalue weighted by Gasteiger charge is 2.47. The second kappa shape index (κ2) is 12.9. The summed E-state index contributed by atoms with van der Waals surface area (Å²) < 4.78 is 33.6. The van der Waals surface area contributed by atoms with Gasteiger partial charge in [0, 0.05) is 24.3 Å². The van der Waals surface area contributed by atoms with E-state index in [-0.39, 0.29) is 39.5 Å². The molecule has 246 valence electrons. The maximum atomic E-state index is 10.6. The number of hydrogen-bond acceptors (Lipinski definition) is 16. The summed E-state index contributed by atoms with van der Waals surface area (Å²) in [5.74, 6) is -2.52. The average molecular weight is 642 g/mol. The van der Waals surface area contributed by atoms with Crippen LogP contribution in [-0.4, -0.2) is 138 Å². The van der Waals surface area contributed by atoms with E-state index in [0.717, 1.165) is 18.2 Å². The van der Waals surface area contributed by atoms with Crippen LogP contribution in [0.5, 0.6) is 34.5 Å². The Morgan fingerprint density at radius 1 is 0.667 bits per heavy atom. The van der Waals surface area contributed by atoms with E-state index < -0.39 is 91.9 Å². The number of hydrogen-bond donors (Lipinski definition) is 11. The first-order valence-electron chi connectivity index (χ1n) is 13.6. The summed E-state index contributed by atoms with van der Waals surface area (Å²) in [6.45, 7) is -1.48. The smallest absolute Gasteiger partial charge is 0.402 e. The first-order valence-corrected chi connectivity index (χ1v) is 13.6. The fraction of sp³-hybridized carbons (Fsp3) is 0.464. The minimum absolute atomic E-state index is 0.0167. The first kappa shape index (κ1) is 32.6. The van der Waals surface area contributed by atoms with Gasteiger partial charge in [0.2, 0.25) is 24.1 Å². The van der Waals surface area contributed by atoms with Gasteiger partial charge in [-0.2, -0.15) is 0 Å². The zero-order valence-corrected chi connectivity index (χ0v) is 23.4. The summed E-state index contributed by atoms with van der Waals surface area (Å²) in [4.78, 5) is 0. The van der Waals surface area contributed by atoms with Gasteiger partial charge in [-0.1, -0.05) is 0 Å². The van der Waals surface area contributed by atoms with Crippen molar-refractivity contribution in [3.05, 3.63) is 30.3 Å². The van der Waals surface area contributed by atoms with E-state index in [1.807, 2.05) is 0 Å². The van der Waals surface area contributed by atoms with Crippen LogP contribution in [0, 0.1) is 0 Å². The van der Waals surface area contributed by atoms with Gasteiger partial charge in [0.1, 0.15) is 65.7 Å². The van der Waals surface area contributed by atoms with E-state index in [4.69, 9.17) is 28.1 Å². The highest BCUT2D eigenvalue weighted by molar-refractivity contribution is 5.89. The lowest BCUT2D eigenvalue weighted by atomic mass is 9.99. The molecule has 17 nitrogen and oxygen atoms in total. The van der Waals surface area contributed by atoms with Crippen molar-refractivity contribution in [1.29, 1.82) is 0 Å². The number of aliphatic hydroxyl groups is 8. The predicted molar refractivity (Wildman–Crippen MR) is 146 cm³/mol. The Morgan fingerprint density at radius 3 is 1.76 bits per heavy atom. The molecule has 11 N–H and O–H groups in total. The average Bonchev–Trinajstić information content (AvgIpc) is 3.02. The molecule has 0 bridgehead atoms. The number of benzene rings is 2. The quantitative estimate of drug-likeness (QED) is 0.0925. The number of ether oxygens (including phenoxy) is 5. The lowest BCUT2D eigenvalue weighted by Gasteiger charge is -2.39. The van der Waals surface area contributed by atoms with Crippen LogP contribution in [0.25, 0.3) is 22.3 Å². The summed E-state index contributed by atoms with van der Waals surface area (Å²) >= 11 is 0. The van der Waals surface area contributed by atoms with Crippen molar-refractivity contribution in [3.8, 4) is 45.8 Å². The Labute approximate surface area is 253 Å². The van der Waals surface area contributed by atoms with E-state index in [1.165, 1.54) is 19.2 Å². The second-order valence-corrected chi connectivity index (χ2v) is 10.5. The van der Waals surface area contributed by atoms with Crippen LogP contribution in [0.1, 0.15) is 0 Å². The molecule has 3 heterocycles. The van der Waals surface area contributed by atoms with Crippen molar-refractivity contribution >= 4 is 11.0 Å². The van der Waals surface area contributed by atoms with Crippen LogP contribution >= 0.6 is 0 Å². The largest absolute Gasteiger partial charge is 0.507 e. The summed E-state index contributed by atoms with van der Waals surface area (Å²) in [5.41, 5.74) is -0.0688. The Morgan fingerprint density at radius 2 is 1.22 bits per heavy atom. The molecular formula is C28H33O17+. The van der Waals surface area contributed by atoms with Crippen LogP contribution < -0.4 is 14.2 Å². The van der Waals surface area contributed by atoms with Crippen molar-refractivity contribution in [2.24, 2.45) is 0 Å². The molecule has 2 aliphatic rings. The van der Waals surface area contributed by atoms with Gasteiger partial charge in [-0.15, -0.1) is 0 Å². The van der Waals surface area contributed by atoms with Gasteiger partial charge in [-0.05, 0) is 0 Å². The molecule has 1 aromatic heterocycles. The highest BCUT2D eigenvalue weighted by atomic mass is 16.7. The summed E-state index contributed by atoms with van der Waals surface area (Å²) in [6, 6.07) is 5.84. The molecule has 0 radical (unpaired) electrons. The number of methoxy groups -OCH3 is 1. The Hall–Kier alpha value is -3.75. The molecular weight excluding hydrogens is 608 g/mol. The van der Waals surface area contributed by atoms with Crippen molar-refractivity contribution < 1.29 is 84.3 Å². The van der Waals surface area contributed by atoms with Gasteiger partial charge in [0.15, 0.2) is 11.5 Å². The molecule has 3 aromatic rings. The van der Waals surface area contributed by atoms with Crippen LogP contribution in [0.3, 0.4) is 0 Å². The van der Waals surface area contributed by atoms with Crippen molar-refractivity contribution in [1.82, 2.24) is 0 Å². The summed E-state index contributed by atoms with van der Waals surface area (Å²) in [6.07, 6.45) is -16.6. The van der Waals surface area contributed by atoms with Gasteiger partial charge in [-0.25, -0.2) is 4.42 Å². The van der Waals surface area contributed by atoms with Gasteiger partial charge < -0.3 is 79.9 Å². The second-order valence-electron chi connectivity index (χ2n) is 10.5. The van der Waals surface area contributed by atoms with Crippen LogP contribution in [0.15, 0.2) is 34.7 Å². The molecule has 10 atom stereocenters. The van der Waals surface area contributed by atoms with E-state index in [9.17, 15) is 56.2 Å². The molecule has 0 unspecified atom stereocenters. The molecule has 0 saturated carbocycles. The minimum atomic E-state index is -1.85. The monoisotopic (exact) mass is 641 g/mol. The van der Waals surface area contributed by atoms with E-state index in [0.29, 0.717) is 0 Å². The van der Waals surface area contributed by atoms with Gasteiger partial charge in [0.25, 0.3) is 0 Å². The van der Waals surface area contributed by atoms with Crippen LogP contribution in [0.2, 0.25) is 0 Å². The van der Waals surface area contributed by atoms with Gasteiger partial charge >= 0.3 is 11.3 Å². The topological polar surface area (TPSA) is 280 Å². The molecule has 17 heteroatoms. The Balaban J connectivity index is 1.64. The fourth-order valence-electron chi connectivity index (χ4n) is 5.02. The lowest BCUT2D eigenvalue weighted by molar-refractivity contribution is -0.277. The maximum absolute atomic E-state index is 10.6. The molecule has 0 amide bonds. The number of aliphatic hydroxyl groups excluding tert-OH is 8. The predicted octanol–water partition coefficient (Wildman–Crippen LogP) is -2.14. The normalized spacial score (nSPS) is 31.9. The van der Waals surface area contributed by atoms with Gasteiger partial charge in [0.05, 0.1) is 32.0 Å². The number of phenolic OH excluding ortho intramolecular Hbond substituents is 3. The molecule has 0 spiro atoms. The number of phenols is 3. The molecule has 0 aliphatic carbocycles. The third-order valence-electron chi connectivity index (χ3n) is 7.52. The van der Waals surface area contributed by atoms with Crippen molar-refractivity contribution in [2.45, 2.75) is 61.4 Å². The summed E-state index contributed by atoms with van der Waals surface area (Å²) in [5, 5.41) is 112. The lowest BCUT2D eigenvalue weighted by Crippen LogP contribution is -2.60. The zero-order valence-electron chi connectivity index (χ0n) is 23.4. The maximum Gasteiger partial charge on any atom is 0.402 e. The molecule has 2 fully saturated rings. The van der Waals surface area contributed by atoms with Crippen LogP contribution in [-0.2, 0) is 9.47 Å². The van der Waals surface area contributed by atoms with E-state index in [1.54, 1.807) is 0 Å². The van der Waals surface area contributed by atoms with Crippen LogP contribution in [0.4, 0.5) is 0 Å². The summed E-state index contributed by atoms with van der Waals surface area (Å²) in [7, 11) is 1.22. The number of fused-ring (bicyclic) bond motifs is 1. The van der Waals surface area contributed by atoms with Crippen molar-refractivity contribution in [2.75, 3.05) is 20.3 Å². The SMILES string of the molecule is COc1cc(-c2[o+]c3cc(O)cc(O[C@H]4O[C@@H](CO)[C@H](O)[C@@H](O)[C@@H]4O)c3cc2O[C@H]2O[C@@H](CO)[C@H](O)[C@@H](O)[C@@H]2O)cc(O)c1O. The molecule has 5 rings (SSSR count). The molecule has 2 aliphatic heterocycles. The Kier molecular flexibility index (Phi) is 9.38. The minimum Gasteiger partial charge on any atom is -0.507 e. The standard InChI is InChI=1S/C28H32O17/c1-40-15-3-9(2-12(32)19(15)33)26-16(43-28-25(39)23(37)21(35)18(8-30)45-28)6-11-13(41-26)4-10(31)5-14(11)42-27-24(38)22(36)20(34)17(7-29)44-27/h2-6,17-18,20-25,27-30,34-39H,7-8H2,1H3,(H2-,31,32,33)/p+1/t17-,18-,20-,21-,22+,23+,24-,25-,27-,28-/m0/s1. The van der Waals surface area contributed by atoms with E-state index >= 15 is 0 Å². The Bertz CT molecular complexity index is 1510. The van der Waals surface area contributed by atoms with E-state index in [2.05, 4.69) is 0 Å². The third kappa shape index (κ3) is 6.10. The highest BCUT2D eigenvalue weighted by Crippen LogP contribution is 2.45. The number of rotatable bonds is 8. The fourth-order valence-corrected chi connectivity index (χ4v) is 5.02. The molecule has 2 saturated heterocycles. The van der Waals surface area contributed by atoms with Crippen molar-refractivity contribution in [3.63, 3.8) is 0 Å². The third-order valence-corrected chi connectivity index (χ3v) is 7.52. The first-order chi connectivity index (χ1) is 21.4.